The SMILES string of the molecule is Nc1cc(N2CC3CCCNC3C2)nc(CC2CC2)n1. The maximum atomic E-state index is 5.98. The summed E-state index contributed by atoms with van der Waals surface area (Å²) in [5.41, 5.74) is 5.98. The zero-order valence-corrected chi connectivity index (χ0v) is 11.9. The summed E-state index contributed by atoms with van der Waals surface area (Å²) in [6, 6.07) is 2.57. The van der Waals surface area contributed by atoms with Crippen LogP contribution in [0.25, 0.3) is 0 Å². The molecule has 1 saturated carbocycles. The number of nitrogen functional groups attached to an aromatic ring is 1. The van der Waals surface area contributed by atoms with Crippen LogP contribution < -0.4 is 16.0 Å². The fourth-order valence-electron chi connectivity index (χ4n) is 3.57. The Labute approximate surface area is 120 Å². The molecule has 4 rings (SSSR count). The maximum absolute atomic E-state index is 5.98. The first-order valence-electron chi connectivity index (χ1n) is 7.90. The smallest absolute Gasteiger partial charge is 0.134 e. The zero-order chi connectivity index (χ0) is 13.5. The highest BCUT2D eigenvalue weighted by molar-refractivity contribution is 5.48. The van der Waals surface area contributed by atoms with Gasteiger partial charge < -0.3 is 16.0 Å². The quantitative estimate of drug-likeness (QED) is 0.866. The fraction of sp³-hybridized carbons (Fsp3) is 0.733. The fourth-order valence-corrected chi connectivity index (χ4v) is 3.57. The van der Waals surface area contributed by atoms with Gasteiger partial charge in [0.05, 0.1) is 0 Å². The van der Waals surface area contributed by atoms with E-state index in [1.165, 1.54) is 25.7 Å². The molecule has 5 nitrogen and oxygen atoms in total. The van der Waals surface area contributed by atoms with Gasteiger partial charge in [0.1, 0.15) is 17.5 Å². The van der Waals surface area contributed by atoms with E-state index in [0.29, 0.717) is 11.9 Å². The zero-order valence-electron chi connectivity index (χ0n) is 11.9. The van der Waals surface area contributed by atoms with Crippen LogP contribution in [0.15, 0.2) is 6.07 Å². The van der Waals surface area contributed by atoms with Crippen molar-refractivity contribution in [3.05, 3.63) is 11.9 Å². The van der Waals surface area contributed by atoms with Crippen molar-refractivity contribution in [2.24, 2.45) is 11.8 Å². The number of nitrogens with zero attached hydrogens (tertiary/aromatic N) is 3. The van der Waals surface area contributed by atoms with E-state index in [1.54, 1.807) is 0 Å². The second-order valence-corrected chi connectivity index (χ2v) is 6.58. The van der Waals surface area contributed by atoms with Crippen molar-refractivity contribution in [1.82, 2.24) is 15.3 Å². The molecular formula is C15H23N5. The molecular weight excluding hydrogens is 250 g/mol. The monoisotopic (exact) mass is 273 g/mol. The number of aromatic nitrogens is 2. The highest BCUT2D eigenvalue weighted by Gasteiger charge is 2.35. The molecule has 5 heteroatoms. The van der Waals surface area contributed by atoms with E-state index < -0.39 is 0 Å². The van der Waals surface area contributed by atoms with Gasteiger partial charge in [-0.2, -0.15) is 0 Å². The van der Waals surface area contributed by atoms with Gasteiger partial charge in [-0.3, -0.25) is 0 Å². The molecule has 0 amide bonds. The number of hydrogen-bond acceptors (Lipinski definition) is 5. The molecule has 1 aliphatic carbocycles. The highest BCUT2D eigenvalue weighted by atomic mass is 15.3. The molecule has 0 aromatic carbocycles. The minimum atomic E-state index is 0.619. The maximum Gasteiger partial charge on any atom is 0.134 e. The Bertz CT molecular complexity index is 485. The third-order valence-electron chi connectivity index (χ3n) is 4.87. The van der Waals surface area contributed by atoms with Crippen molar-refractivity contribution in [2.75, 3.05) is 30.3 Å². The van der Waals surface area contributed by atoms with E-state index in [2.05, 4.69) is 15.2 Å². The average Bonchev–Trinajstić information content (AvgIpc) is 3.13. The van der Waals surface area contributed by atoms with Crippen LogP contribution in [-0.4, -0.2) is 35.6 Å². The van der Waals surface area contributed by atoms with Gasteiger partial charge in [-0.25, -0.2) is 9.97 Å². The van der Waals surface area contributed by atoms with Crippen LogP contribution in [0.4, 0.5) is 11.6 Å². The van der Waals surface area contributed by atoms with Crippen molar-refractivity contribution in [3.8, 4) is 0 Å². The Balaban J connectivity index is 1.53. The molecule has 3 aliphatic rings. The van der Waals surface area contributed by atoms with Gasteiger partial charge in [0.15, 0.2) is 0 Å². The number of rotatable bonds is 3. The van der Waals surface area contributed by atoms with Crippen LogP contribution in [0.2, 0.25) is 0 Å². The summed E-state index contributed by atoms with van der Waals surface area (Å²) in [5, 5.41) is 3.64. The van der Waals surface area contributed by atoms with Crippen molar-refractivity contribution >= 4 is 11.6 Å². The Hall–Kier alpha value is -1.36. The highest BCUT2D eigenvalue weighted by Crippen LogP contribution is 2.33. The molecule has 108 valence electrons. The van der Waals surface area contributed by atoms with Crippen molar-refractivity contribution in [1.29, 1.82) is 0 Å². The summed E-state index contributed by atoms with van der Waals surface area (Å²) < 4.78 is 0. The van der Waals surface area contributed by atoms with Gasteiger partial charge in [-0.05, 0) is 44.1 Å². The first-order chi connectivity index (χ1) is 9.78. The van der Waals surface area contributed by atoms with Gasteiger partial charge in [0.25, 0.3) is 0 Å². The van der Waals surface area contributed by atoms with E-state index >= 15 is 0 Å². The van der Waals surface area contributed by atoms with Crippen LogP contribution in [0.3, 0.4) is 0 Å². The number of hydrogen-bond donors (Lipinski definition) is 2. The lowest BCUT2D eigenvalue weighted by atomic mass is 9.94. The van der Waals surface area contributed by atoms with Gasteiger partial charge >= 0.3 is 0 Å². The van der Waals surface area contributed by atoms with Crippen molar-refractivity contribution in [3.63, 3.8) is 0 Å². The molecule has 1 aromatic heterocycles. The van der Waals surface area contributed by atoms with Crippen molar-refractivity contribution in [2.45, 2.75) is 38.1 Å². The lowest BCUT2D eigenvalue weighted by molar-refractivity contribution is 0.340. The van der Waals surface area contributed by atoms with Gasteiger partial charge in [0, 0.05) is 31.6 Å². The Kier molecular flexibility index (Phi) is 3.02. The first-order valence-corrected chi connectivity index (χ1v) is 7.90. The molecule has 2 saturated heterocycles. The number of anilines is 2. The summed E-state index contributed by atoms with van der Waals surface area (Å²) in [6.07, 6.45) is 6.28. The van der Waals surface area contributed by atoms with E-state index in [1.807, 2.05) is 6.07 Å². The minimum absolute atomic E-state index is 0.619. The second kappa shape index (κ2) is 4.88. The number of nitrogens with one attached hydrogen (secondary N) is 1. The van der Waals surface area contributed by atoms with Crippen LogP contribution in [0, 0.1) is 11.8 Å². The molecule has 0 radical (unpaired) electrons. The van der Waals surface area contributed by atoms with E-state index in [9.17, 15) is 0 Å². The molecule has 3 fully saturated rings. The summed E-state index contributed by atoms with van der Waals surface area (Å²) in [6.45, 7) is 3.33. The number of nitrogens with two attached hydrogens (primary N) is 1. The topological polar surface area (TPSA) is 67.1 Å². The van der Waals surface area contributed by atoms with E-state index in [0.717, 1.165) is 49.5 Å². The predicted molar refractivity (Wildman–Crippen MR) is 79.6 cm³/mol. The molecule has 2 atom stereocenters. The summed E-state index contributed by atoms with van der Waals surface area (Å²) in [4.78, 5) is 11.6. The van der Waals surface area contributed by atoms with E-state index in [4.69, 9.17) is 10.7 Å². The molecule has 0 spiro atoms. The van der Waals surface area contributed by atoms with Gasteiger partial charge in [-0.1, -0.05) is 0 Å². The number of piperidine rings is 1. The molecule has 20 heavy (non-hydrogen) atoms. The third-order valence-corrected chi connectivity index (χ3v) is 4.87. The van der Waals surface area contributed by atoms with Crippen LogP contribution in [0.5, 0.6) is 0 Å². The molecule has 0 bridgehead atoms. The third kappa shape index (κ3) is 2.46. The van der Waals surface area contributed by atoms with Crippen LogP contribution in [-0.2, 0) is 6.42 Å². The number of fused-ring (bicyclic) bond motifs is 1. The first kappa shape index (κ1) is 12.4. The largest absolute Gasteiger partial charge is 0.384 e. The van der Waals surface area contributed by atoms with Gasteiger partial charge in [0.2, 0.25) is 0 Å². The Morgan fingerprint density at radius 2 is 2.15 bits per heavy atom. The summed E-state index contributed by atoms with van der Waals surface area (Å²) >= 11 is 0. The van der Waals surface area contributed by atoms with Crippen LogP contribution >= 0.6 is 0 Å². The molecule has 3 N–H and O–H groups in total. The summed E-state index contributed by atoms with van der Waals surface area (Å²) in [5.74, 6) is 4.16. The lowest BCUT2D eigenvalue weighted by Crippen LogP contribution is -2.40. The van der Waals surface area contributed by atoms with E-state index in [-0.39, 0.29) is 0 Å². The lowest BCUT2D eigenvalue weighted by Gasteiger charge is -2.24. The molecule has 2 unspecified atom stereocenters. The standard InChI is InChI=1S/C15H23N5/c16-13-7-15(19-14(18-13)6-10-3-4-10)20-8-11-2-1-5-17-12(11)9-20/h7,10-12,17H,1-6,8-9H2,(H2,16,18,19). The van der Waals surface area contributed by atoms with Gasteiger partial charge in [-0.15, -0.1) is 0 Å². The predicted octanol–water partition coefficient (Wildman–Crippen LogP) is 1.20. The van der Waals surface area contributed by atoms with Crippen LogP contribution in [0.1, 0.15) is 31.5 Å². The average molecular weight is 273 g/mol. The normalized spacial score (nSPS) is 29.5. The minimum Gasteiger partial charge on any atom is -0.384 e. The van der Waals surface area contributed by atoms with Crippen molar-refractivity contribution < 1.29 is 0 Å². The second-order valence-electron chi connectivity index (χ2n) is 6.58. The molecule has 2 aliphatic heterocycles. The molecule has 1 aromatic rings. The Morgan fingerprint density at radius 1 is 1.25 bits per heavy atom. The summed E-state index contributed by atoms with van der Waals surface area (Å²) in [7, 11) is 0. The Morgan fingerprint density at radius 3 is 2.95 bits per heavy atom. The molecule has 3 heterocycles.